The molecule has 0 spiro atoms. The fourth-order valence-corrected chi connectivity index (χ4v) is 7.00. The molecule has 2 aromatic rings. The van der Waals surface area contributed by atoms with Crippen molar-refractivity contribution in [2.24, 2.45) is 0 Å². The number of alkyl halides is 3. The first-order valence-corrected chi connectivity index (χ1v) is 13.1. The Morgan fingerprint density at radius 1 is 1.06 bits per heavy atom. The highest BCUT2D eigenvalue weighted by atomic mass is 32.2. The van der Waals surface area contributed by atoms with Crippen LogP contribution in [0.1, 0.15) is 38.7 Å². The van der Waals surface area contributed by atoms with E-state index in [0.29, 0.717) is 18.9 Å². The molecule has 0 aliphatic carbocycles. The minimum absolute atomic E-state index is 0.0391. The van der Waals surface area contributed by atoms with Crippen LogP contribution >= 0.6 is 7.60 Å². The van der Waals surface area contributed by atoms with Crippen molar-refractivity contribution in [3.8, 4) is 0 Å². The number of aromatic amines is 1. The third-order valence-electron chi connectivity index (χ3n) is 5.06. The van der Waals surface area contributed by atoms with Gasteiger partial charge in [0, 0.05) is 24.0 Å². The van der Waals surface area contributed by atoms with Gasteiger partial charge in [0.2, 0.25) is 10.0 Å². The molecule has 1 N–H and O–H groups in total. The molecule has 0 saturated carbocycles. The molecule has 1 fully saturated rings. The van der Waals surface area contributed by atoms with E-state index in [4.69, 9.17) is 9.05 Å². The number of halogens is 3. The fraction of sp³-hybridized carbons (Fsp3) is 0.526. The first kappa shape index (κ1) is 24.9. The van der Waals surface area contributed by atoms with Crippen LogP contribution in [-0.4, -0.2) is 44.0 Å². The summed E-state index contributed by atoms with van der Waals surface area (Å²) in [5.74, 6) is 0. The highest BCUT2D eigenvalue weighted by molar-refractivity contribution is 7.89. The van der Waals surface area contributed by atoms with Gasteiger partial charge in [-0.05, 0) is 44.9 Å². The first-order chi connectivity index (χ1) is 14.9. The predicted molar refractivity (Wildman–Crippen MR) is 113 cm³/mol. The molecule has 1 aliphatic heterocycles. The maximum atomic E-state index is 13.8. The minimum Gasteiger partial charge on any atom is -0.321 e. The summed E-state index contributed by atoms with van der Waals surface area (Å²) in [6, 6.07) is 2.50. The lowest BCUT2D eigenvalue weighted by Gasteiger charge is -2.27. The summed E-state index contributed by atoms with van der Waals surface area (Å²) in [6.07, 6.45) is -3.08. The molecular formula is C19H24F3N2O6PS. The van der Waals surface area contributed by atoms with Gasteiger partial charge in [-0.3, -0.25) is 9.36 Å². The lowest BCUT2D eigenvalue weighted by Crippen LogP contribution is -2.36. The summed E-state index contributed by atoms with van der Waals surface area (Å²) < 4.78 is 92.0. The van der Waals surface area contributed by atoms with Crippen LogP contribution in [0, 0.1) is 0 Å². The number of hydrogen-bond acceptors (Lipinski definition) is 6. The molecule has 0 unspecified atom stereocenters. The third kappa shape index (κ3) is 4.79. The maximum absolute atomic E-state index is 13.8. The molecule has 3 rings (SSSR count). The van der Waals surface area contributed by atoms with Crippen molar-refractivity contribution in [1.29, 1.82) is 0 Å². The van der Waals surface area contributed by atoms with Crippen LogP contribution in [0.4, 0.5) is 13.2 Å². The summed E-state index contributed by atoms with van der Waals surface area (Å²) in [5, 5.41) is -0.447. The Morgan fingerprint density at radius 2 is 1.66 bits per heavy atom. The monoisotopic (exact) mass is 496 g/mol. The fourth-order valence-electron chi connectivity index (χ4n) is 3.62. The summed E-state index contributed by atoms with van der Waals surface area (Å²) in [7, 11) is -8.52. The number of aromatic nitrogens is 1. The van der Waals surface area contributed by atoms with Gasteiger partial charge in [0.25, 0.3) is 5.56 Å². The van der Waals surface area contributed by atoms with E-state index >= 15 is 0 Å². The van der Waals surface area contributed by atoms with E-state index in [2.05, 4.69) is 4.98 Å². The number of nitrogens with one attached hydrogen (secondary N) is 1. The van der Waals surface area contributed by atoms with E-state index in [-0.39, 0.29) is 37.2 Å². The average molecular weight is 496 g/mol. The van der Waals surface area contributed by atoms with Crippen LogP contribution < -0.4 is 10.9 Å². The van der Waals surface area contributed by atoms with Gasteiger partial charge in [0.15, 0.2) is 0 Å². The summed E-state index contributed by atoms with van der Waals surface area (Å²) in [5.41, 5.74) is -2.57. The van der Waals surface area contributed by atoms with Gasteiger partial charge in [-0.2, -0.15) is 17.5 Å². The Kier molecular flexibility index (Phi) is 7.21. The number of piperidine rings is 1. The smallest absolute Gasteiger partial charge is 0.321 e. The molecule has 1 aromatic heterocycles. The number of benzene rings is 1. The van der Waals surface area contributed by atoms with Crippen LogP contribution in [0.25, 0.3) is 10.9 Å². The molecule has 32 heavy (non-hydrogen) atoms. The topological polar surface area (TPSA) is 106 Å². The van der Waals surface area contributed by atoms with Crippen LogP contribution in [0.2, 0.25) is 0 Å². The Labute approximate surface area is 183 Å². The number of sulfonamides is 1. The van der Waals surface area contributed by atoms with Gasteiger partial charge in [0.05, 0.1) is 23.7 Å². The van der Waals surface area contributed by atoms with Crippen molar-refractivity contribution in [3.05, 3.63) is 34.1 Å². The predicted octanol–water partition coefficient (Wildman–Crippen LogP) is 3.61. The summed E-state index contributed by atoms with van der Waals surface area (Å²) >= 11 is 0. The average Bonchev–Trinajstić information content (AvgIpc) is 2.72. The lowest BCUT2D eigenvalue weighted by molar-refractivity contribution is -0.139. The largest absolute Gasteiger partial charge is 0.417 e. The summed E-state index contributed by atoms with van der Waals surface area (Å²) in [4.78, 5) is 13.9. The Balaban J connectivity index is 2.28. The van der Waals surface area contributed by atoms with Gasteiger partial charge < -0.3 is 14.0 Å². The van der Waals surface area contributed by atoms with Crippen molar-refractivity contribution in [3.63, 3.8) is 0 Å². The van der Waals surface area contributed by atoms with Gasteiger partial charge in [-0.15, -0.1) is 0 Å². The van der Waals surface area contributed by atoms with E-state index < -0.39 is 45.1 Å². The zero-order chi connectivity index (χ0) is 23.7. The van der Waals surface area contributed by atoms with Gasteiger partial charge >= 0.3 is 13.8 Å². The third-order valence-corrected chi connectivity index (χ3v) is 9.11. The molecule has 0 atom stereocenters. The van der Waals surface area contributed by atoms with Gasteiger partial charge in [-0.25, -0.2) is 8.42 Å². The molecule has 1 aromatic carbocycles. The Bertz CT molecular complexity index is 1200. The first-order valence-electron chi connectivity index (χ1n) is 10.1. The number of nitrogens with zero attached hydrogens (tertiary/aromatic N) is 1. The highest BCUT2D eigenvalue weighted by Crippen LogP contribution is 2.46. The van der Waals surface area contributed by atoms with Crippen LogP contribution in [-0.2, 0) is 29.8 Å². The van der Waals surface area contributed by atoms with Gasteiger partial charge in [-0.1, -0.05) is 6.42 Å². The highest BCUT2D eigenvalue weighted by Gasteiger charge is 2.40. The van der Waals surface area contributed by atoms with E-state index in [1.165, 1.54) is 0 Å². The summed E-state index contributed by atoms with van der Waals surface area (Å²) in [6.45, 7) is 3.24. The lowest BCUT2D eigenvalue weighted by atomic mass is 10.1. The molecule has 8 nitrogen and oxygen atoms in total. The number of hydrogen-bond donors (Lipinski definition) is 1. The molecule has 0 amide bonds. The normalized spacial score (nSPS) is 16.5. The molecular weight excluding hydrogens is 472 g/mol. The maximum Gasteiger partial charge on any atom is 0.417 e. The molecule has 1 aliphatic rings. The molecule has 13 heteroatoms. The van der Waals surface area contributed by atoms with Crippen molar-refractivity contribution in [2.75, 3.05) is 26.3 Å². The molecule has 2 heterocycles. The zero-order valence-corrected chi connectivity index (χ0v) is 19.3. The van der Waals surface area contributed by atoms with Crippen LogP contribution in [0.15, 0.2) is 27.9 Å². The number of H-pyrrole nitrogens is 1. The molecule has 0 radical (unpaired) electrons. The van der Waals surface area contributed by atoms with Crippen molar-refractivity contribution in [2.45, 2.75) is 44.2 Å². The minimum atomic E-state index is -4.98. The second-order valence-electron chi connectivity index (χ2n) is 7.21. The standard InChI is InChI=1S/C19H24F3N2O6PS/c1-3-29-31(26,30-4-2)16-10-13-11-17(32(27,28)24-8-6-5-7-9-24)14(19(20,21)22)12-15(13)23-18(16)25/h10-12H,3-9H2,1-2H3,(H,23,25). The second kappa shape index (κ2) is 9.26. The number of fused-ring (bicyclic) bond motifs is 1. The van der Waals surface area contributed by atoms with E-state index in [0.717, 1.165) is 22.9 Å². The number of rotatable bonds is 7. The SMILES string of the molecule is CCOP(=O)(OCC)c1cc2cc(S(=O)(=O)N3CCCCC3)c(C(F)(F)F)cc2[nH]c1=O. The molecule has 0 bridgehead atoms. The van der Waals surface area contributed by atoms with Gasteiger partial charge in [0.1, 0.15) is 5.30 Å². The van der Waals surface area contributed by atoms with Crippen LogP contribution in [0.5, 0.6) is 0 Å². The van der Waals surface area contributed by atoms with E-state index in [9.17, 15) is 30.9 Å². The number of pyridine rings is 1. The van der Waals surface area contributed by atoms with Crippen molar-refractivity contribution < 1.29 is 35.2 Å². The Morgan fingerprint density at radius 3 is 2.19 bits per heavy atom. The van der Waals surface area contributed by atoms with Crippen LogP contribution in [0.3, 0.4) is 0 Å². The molecule has 178 valence electrons. The molecule has 1 saturated heterocycles. The quantitative estimate of drug-likeness (QED) is 0.587. The van der Waals surface area contributed by atoms with E-state index in [1.807, 2.05) is 0 Å². The zero-order valence-electron chi connectivity index (χ0n) is 17.6. The second-order valence-corrected chi connectivity index (χ2v) is 11.1. The van der Waals surface area contributed by atoms with Crippen molar-refractivity contribution in [1.82, 2.24) is 9.29 Å². The Hall–Kier alpha value is -1.72. The van der Waals surface area contributed by atoms with E-state index in [1.54, 1.807) is 13.8 Å². The van der Waals surface area contributed by atoms with Crippen molar-refractivity contribution >= 4 is 33.8 Å².